The Bertz CT molecular complexity index is 600. The van der Waals surface area contributed by atoms with Crippen molar-refractivity contribution in [2.45, 2.75) is 24.9 Å². The molecule has 0 aliphatic heterocycles. The number of carbonyl (C=O) groups excluding carboxylic acids is 1. The van der Waals surface area contributed by atoms with E-state index in [1.54, 1.807) is 6.20 Å². The molecule has 0 atom stereocenters. The number of nitrogens with one attached hydrogen (secondary N) is 1. The minimum absolute atomic E-state index is 0.0598. The Morgan fingerprint density at radius 3 is 2.89 bits per heavy atom. The molecule has 18 heavy (non-hydrogen) atoms. The minimum Gasteiger partial charge on any atom is -0.350 e. The number of benzene rings is 1. The maximum absolute atomic E-state index is 11.8. The first-order chi connectivity index (χ1) is 8.69. The number of hydrogen-bond donors (Lipinski definition) is 2. The Hall–Kier alpha value is -1.94. The van der Waals surface area contributed by atoms with Gasteiger partial charge in [-0.2, -0.15) is 0 Å². The van der Waals surface area contributed by atoms with Crippen molar-refractivity contribution in [1.29, 1.82) is 0 Å². The third kappa shape index (κ3) is 1.95. The van der Waals surface area contributed by atoms with E-state index in [0.29, 0.717) is 6.54 Å². The lowest BCUT2D eigenvalue weighted by molar-refractivity contribution is -0.123. The van der Waals surface area contributed by atoms with Crippen LogP contribution in [0.2, 0.25) is 0 Å². The predicted octanol–water partition coefficient (Wildman–Crippen LogP) is 1.34. The van der Waals surface area contributed by atoms with E-state index in [-0.39, 0.29) is 5.91 Å². The molecule has 1 aromatic carbocycles. The van der Waals surface area contributed by atoms with Gasteiger partial charge in [0, 0.05) is 18.1 Å². The van der Waals surface area contributed by atoms with E-state index in [1.807, 2.05) is 30.3 Å². The summed E-state index contributed by atoms with van der Waals surface area (Å²) in [6, 6.07) is 9.88. The first-order valence-electron chi connectivity index (χ1n) is 6.09. The second-order valence-corrected chi connectivity index (χ2v) is 4.83. The maximum atomic E-state index is 11.8. The summed E-state index contributed by atoms with van der Waals surface area (Å²) in [7, 11) is 0. The number of aromatic nitrogens is 1. The normalized spacial score (nSPS) is 16.5. The van der Waals surface area contributed by atoms with Gasteiger partial charge in [-0.3, -0.25) is 9.78 Å². The van der Waals surface area contributed by atoms with Gasteiger partial charge in [0.05, 0.1) is 11.1 Å². The van der Waals surface area contributed by atoms with Gasteiger partial charge in [0.2, 0.25) is 5.91 Å². The lowest BCUT2D eigenvalue weighted by atomic mass is 10.1. The molecule has 0 unspecified atom stereocenters. The van der Waals surface area contributed by atoms with E-state index in [0.717, 1.165) is 29.3 Å². The highest BCUT2D eigenvalue weighted by Gasteiger charge is 2.45. The lowest BCUT2D eigenvalue weighted by Crippen LogP contribution is -2.42. The fourth-order valence-corrected chi connectivity index (χ4v) is 2.02. The molecule has 0 saturated heterocycles. The third-order valence-electron chi connectivity index (χ3n) is 3.40. The summed E-state index contributed by atoms with van der Waals surface area (Å²) in [5.41, 5.74) is 7.18. The molecule has 1 fully saturated rings. The molecule has 1 aromatic heterocycles. The predicted molar refractivity (Wildman–Crippen MR) is 69.7 cm³/mol. The summed E-state index contributed by atoms with van der Waals surface area (Å²) in [5.74, 6) is -0.0598. The van der Waals surface area contributed by atoms with Crippen molar-refractivity contribution < 1.29 is 4.79 Å². The molecule has 4 heteroatoms. The largest absolute Gasteiger partial charge is 0.350 e. The monoisotopic (exact) mass is 241 g/mol. The number of nitrogens with zero attached hydrogens (tertiary/aromatic N) is 1. The van der Waals surface area contributed by atoms with Gasteiger partial charge in [0.1, 0.15) is 0 Å². The molecular formula is C14H15N3O. The highest BCUT2D eigenvalue weighted by Crippen LogP contribution is 2.32. The molecule has 2 aromatic rings. The number of amides is 1. The van der Waals surface area contributed by atoms with Crippen molar-refractivity contribution in [3.05, 3.63) is 42.1 Å². The van der Waals surface area contributed by atoms with Crippen LogP contribution in [0.1, 0.15) is 18.4 Å². The Morgan fingerprint density at radius 2 is 2.11 bits per heavy atom. The molecule has 4 nitrogen and oxygen atoms in total. The fourth-order valence-electron chi connectivity index (χ4n) is 2.02. The van der Waals surface area contributed by atoms with Crippen molar-refractivity contribution in [3.63, 3.8) is 0 Å². The van der Waals surface area contributed by atoms with Crippen LogP contribution < -0.4 is 11.1 Å². The third-order valence-corrected chi connectivity index (χ3v) is 3.40. The first kappa shape index (κ1) is 11.2. The standard InChI is InChI=1S/C14H15N3O/c15-14(6-7-14)13(18)17-9-11-4-1-3-10-5-2-8-16-12(10)11/h1-5,8H,6-7,9,15H2,(H,17,18). The maximum Gasteiger partial charge on any atom is 0.240 e. The number of rotatable bonds is 3. The minimum atomic E-state index is -0.613. The Labute approximate surface area is 105 Å². The highest BCUT2D eigenvalue weighted by molar-refractivity contribution is 5.89. The van der Waals surface area contributed by atoms with Crippen LogP contribution in [-0.4, -0.2) is 16.4 Å². The molecule has 3 rings (SSSR count). The Morgan fingerprint density at radius 1 is 1.33 bits per heavy atom. The van der Waals surface area contributed by atoms with Crippen LogP contribution in [-0.2, 0) is 11.3 Å². The van der Waals surface area contributed by atoms with Crippen molar-refractivity contribution in [3.8, 4) is 0 Å². The smallest absolute Gasteiger partial charge is 0.240 e. The van der Waals surface area contributed by atoms with E-state index in [9.17, 15) is 4.79 Å². The van der Waals surface area contributed by atoms with Gasteiger partial charge in [-0.15, -0.1) is 0 Å². The Balaban J connectivity index is 1.80. The van der Waals surface area contributed by atoms with Gasteiger partial charge in [-0.05, 0) is 24.5 Å². The molecule has 0 radical (unpaired) electrons. The number of para-hydroxylation sites is 1. The average Bonchev–Trinajstić information content (AvgIpc) is 3.15. The average molecular weight is 241 g/mol. The number of carbonyl (C=O) groups is 1. The van der Waals surface area contributed by atoms with Crippen molar-refractivity contribution in [1.82, 2.24) is 10.3 Å². The van der Waals surface area contributed by atoms with Gasteiger partial charge in [0.25, 0.3) is 0 Å². The van der Waals surface area contributed by atoms with Gasteiger partial charge in [0.15, 0.2) is 0 Å². The quantitative estimate of drug-likeness (QED) is 0.852. The number of nitrogens with two attached hydrogens (primary N) is 1. The Kier molecular flexibility index (Phi) is 2.52. The van der Waals surface area contributed by atoms with Gasteiger partial charge >= 0.3 is 0 Å². The van der Waals surface area contributed by atoms with Crippen LogP contribution in [0.15, 0.2) is 36.5 Å². The topological polar surface area (TPSA) is 68.0 Å². The van der Waals surface area contributed by atoms with Crippen LogP contribution in [0.3, 0.4) is 0 Å². The zero-order chi connectivity index (χ0) is 12.6. The summed E-state index contributed by atoms with van der Waals surface area (Å²) in [5, 5.41) is 3.97. The molecule has 1 heterocycles. The van der Waals surface area contributed by atoms with Crippen LogP contribution in [0, 0.1) is 0 Å². The van der Waals surface area contributed by atoms with Crippen molar-refractivity contribution >= 4 is 16.8 Å². The molecule has 1 aliphatic rings. The molecule has 0 spiro atoms. The molecule has 1 amide bonds. The van der Waals surface area contributed by atoms with E-state index < -0.39 is 5.54 Å². The fraction of sp³-hybridized carbons (Fsp3) is 0.286. The second kappa shape index (κ2) is 4.07. The zero-order valence-electron chi connectivity index (χ0n) is 10.0. The molecule has 0 bridgehead atoms. The second-order valence-electron chi connectivity index (χ2n) is 4.83. The number of hydrogen-bond acceptors (Lipinski definition) is 3. The first-order valence-corrected chi connectivity index (χ1v) is 6.09. The van der Waals surface area contributed by atoms with Crippen molar-refractivity contribution in [2.75, 3.05) is 0 Å². The molecule has 92 valence electrons. The summed E-state index contributed by atoms with van der Waals surface area (Å²) in [6.45, 7) is 0.478. The summed E-state index contributed by atoms with van der Waals surface area (Å²) < 4.78 is 0. The van der Waals surface area contributed by atoms with Crippen LogP contribution in [0.4, 0.5) is 0 Å². The summed E-state index contributed by atoms with van der Waals surface area (Å²) in [6.07, 6.45) is 3.33. The van der Waals surface area contributed by atoms with Crippen LogP contribution >= 0.6 is 0 Å². The van der Waals surface area contributed by atoms with Gasteiger partial charge in [-0.25, -0.2) is 0 Å². The van der Waals surface area contributed by atoms with Crippen LogP contribution in [0.25, 0.3) is 10.9 Å². The SMILES string of the molecule is NC1(C(=O)NCc2cccc3cccnc23)CC1. The van der Waals surface area contributed by atoms with Crippen LogP contribution in [0.5, 0.6) is 0 Å². The zero-order valence-corrected chi connectivity index (χ0v) is 10.0. The van der Waals surface area contributed by atoms with Gasteiger partial charge in [-0.1, -0.05) is 24.3 Å². The number of fused-ring (bicyclic) bond motifs is 1. The molecule has 1 saturated carbocycles. The van der Waals surface area contributed by atoms with E-state index in [1.165, 1.54) is 0 Å². The van der Waals surface area contributed by atoms with E-state index in [4.69, 9.17) is 5.73 Å². The number of pyridine rings is 1. The molecule has 3 N–H and O–H groups in total. The molecule has 1 aliphatic carbocycles. The summed E-state index contributed by atoms with van der Waals surface area (Å²) in [4.78, 5) is 16.1. The van der Waals surface area contributed by atoms with E-state index >= 15 is 0 Å². The summed E-state index contributed by atoms with van der Waals surface area (Å²) >= 11 is 0. The van der Waals surface area contributed by atoms with Crippen molar-refractivity contribution in [2.24, 2.45) is 5.73 Å². The lowest BCUT2D eigenvalue weighted by Gasteiger charge is -2.11. The molecular weight excluding hydrogens is 226 g/mol. The van der Waals surface area contributed by atoms with E-state index in [2.05, 4.69) is 10.3 Å². The van der Waals surface area contributed by atoms with Gasteiger partial charge < -0.3 is 11.1 Å². The highest BCUT2D eigenvalue weighted by atomic mass is 16.2.